The quantitative estimate of drug-likeness (QED) is 0.782. The van der Waals surface area contributed by atoms with Crippen molar-refractivity contribution in [3.63, 3.8) is 0 Å². The number of ether oxygens (including phenoxy) is 1. The van der Waals surface area contributed by atoms with Gasteiger partial charge in [-0.15, -0.1) is 0 Å². The van der Waals surface area contributed by atoms with Gasteiger partial charge in [-0.05, 0) is 62.4 Å². The van der Waals surface area contributed by atoms with Gasteiger partial charge in [-0.3, -0.25) is 4.79 Å². The molecule has 2 aromatic rings. The summed E-state index contributed by atoms with van der Waals surface area (Å²) in [5, 5.41) is 2.53. The predicted octanol–water partition coefficient (Wildman–Crippen LogP) is 3.47. The van der Waals surface area contributed by atoms with Gasteiger partial charge in [-0.25, -0.2) is 9.18 Å². The van der Waals surface area contributed by atoms with Gasteiger partial charge in [-0.2, -0.15) is 0 Å². The summed E-state index contributed by atoms with van der Waals surface area (Å²) in [6.07, 6.45) is 0. The number of esters is 1. The van der Waals surface area contributed by atoms with Crippen LogP contribution in [0.4, 0.5) is 15.8 Å². The molecule has 2 rings (SSSR count). The number of rotatable bonds is 7. The molecule has 0 saturated carbocycles. The van der Waals surface area contributed by atoms with Gasteiger partial charge in [0.15, 0.2) is 6.61 Å². The number of hydrogen-bond acceptors (Lipinski definition) is 4. The number of halogens is 1. The maximum Gasteiger partial charge on any atom is 0.338 e. The molecule has 25 heavy (non-hydrogen) atoms. The average Bonchev–Trinajstić information content (AvgIpc) is 2.63. The Kier molecular flexibility index (Phi) is 6.51. The smallest absolute Gasteiger partial charge is 0.338 e. The second-order valence-corrected chi connectivity index (χ2v) is 5.35. The molecule has 0 unspecified atom stereocenters. The summed E-state index contributed by atoms with van der Waals surface area (Å²) in [6, 6.07) is 12.4. The molecule has 0 aromatic heterocycles. The van der Waals surface area contributed by atoms with Crippen molar-refractivity contribution in [3.05, 3.63) is 59.9 Å². The maximum atomic E-state index is 12.8. The fraction of sp³-hybridized carbons (Fsp3) is 0.263. The number of carbonyl (C=O) groups excluding carboxylic acids is 2. The Morgan fingerprint density at radius 3 is 2.16 bits per heavy atom. The second kappa shape index (κ2) is 8.82. The number of carbonyl (C=O) groups is 2. The Balaban J connectivity index is 1.87. The zero-order valence-corrected chi connectivity index (χ0v) is 14.3. The molecule has 1 amide bonds. The highest BCUT2D eigenvalue weighted by molar-refractivity contribution is 5.95. The highest BCUT2D eigenvalue weighted by atomic mass is 19.1. The van der Waals surface area contributed by atoms with Gasteiger partial charge in [0.2, 0.25) is 0 Å². The number of nitrogens with one attached hydrogen (secondary N) is 1. The summed E-state index contributed by atoms with van der Waals surface area (Å²) in [6.45, 7) is 5.47. The fourth-order valence-corrected chi connectivity index (χ4v) is 2.34. The molecule has 0 atom stereocenters. The van der Waals surface area contributed by atoms with Gasteiger partial charge in [0.1, 0.15) is 5.82 Å². The summed E-state index contributed by atoms with van der Waals surface area (Å²) in [5.74, 6) is -1.45. The third-order valence-electron chi connectivity index (χ3n) is 3.69. The number of benzene rings is 2. The van der Waals surface area contributed by atoms with Crippen LogP contribution in [0.25, 0.3) is 0 Å². The van der Waals surface area contributed by atoms with E-state index in [4.69, 9.17) is 4.74 Å². The van der Waals surface area contributed by atoms with Crippen LogP contribution < -0.4 is 10.2 Å². The topological polar surface area (TPSA) is 58.6 Å². The number of hydrogen-bond donors (Lipinski definition) is 1. The summed E-state index contributed by atoms with van der Waals surface area (Å²) in [4.78, 5) is 25.9. The van der Waals surface area contributed by atoms with Crippen molar-refractivity contribution in [2.75, 3.05) is 29.9 Å². The zero-order valence-electron chi connectivity index (χ0n) is 14.3. The van der Waals surface area contributed by atoms with E-state index >= 15 is 0 Å². The number of anilines is 2. The summed E-state index contributed by atoms with van der Waals surface area (Å²) >= 11 is 0. The van der Waals surface area contributed by atoms with Crippen molar-refractivity contribution in [2.24, 2.45) is 0 Å². The molecule has 0 aliphatic heterocycles. The normalized spacial score (nSPS) is 10.2. The van der Waals surface area contributed by atoms with Crippen LogP contribution in [0.3, 0.4) is 0 Å². The minimum Gasteiger partial charge on any atom is -0.452 e. The van der Waals surface area contributed by atoms with E-state index in [2.05, 4.69) is 24.1 Å². The van der Waals surface area contributed by atoms with Crippen LogP contribution in [0.5, 0.6) is 0 Å². The minimum atomic E-state index is -0.569. The summed E-state index contributed by atoms with van der Waals surface area (Å²) in [5.41, 5.74) is 1.84. The van der Waals surface area contributed by atoms with Gasteiger partial charge in [0.25, 0.3) is 5.91 Å². The first-order chi connectivity index (χ1) is 12.0. The molecular weight excluding hydrogens is 323 g/mol. The lowest BCUT2D eigenvalue weighted by atomic mass is 10.2. The van der Waals surface area contributed by atoms with Crippen molar-refractivity contribution in [1.29, 1.82) is 0 Å². The van der Waals surface area contributed by atoms with Crippen molar-refractivity contribution < 1.29 is 18.7 Å². The molecule has 0 aliphatic rings. The van der Waals surface area contributed by atoms with Crippen LogP contribution in [0.1, 0.15) is 24.2 Å². The Bertz CT molecular complexity index is 710. The van der Waals surface area contributed by atoms with Crippen LogP contribution in [-0.2, 0) is 9.53 Å². The van der Waals surface area contributed by atoms with E-state index in [-0.39, 0.29) is 0 Å². The van der Waals surface area contributed by atoms with Crippen molar-refractivity contribution in [3.8, 4) is 0 Å². The fourth-order valence-electron chi connectivity index (χ4n) is 2.34. The SMILES string of the molecule is CCN(CC)c1ccc(C(=O)OCC(=O)Nc2ccc(F)cc2)cc1. The lowest BCUT2D eigenvalue weighted by molar-refractivity contribution is -0.119. The molecular formula is C19H21FN2O3. The Hall–Kier alpha value is -2.89. The molecule has 0 fully saturated rings. The molecule has 5 nitrogen and oxygen atoms in total. The first-order valence-corrected chi connectivity index (χ1v) is 8.11. The first-order valence-electron chi connectivity index (χ1n) is 8.11. The van der Waals surface area contributed by atoms with E-state index in [1.807, 2.05) is 12.1 Å². The average molecular weight is 344 g/mol. The predicted molar refractivity (Wildman–Crippen MR) is 95.3 cm³/mol. The highest BCUT2D eigenvalue weighted by Gasteiger charge is 2.11. The Labute approximate surface area is 146 Å². The zero-order chi connectivity index (χ0) is 18.2. The van der Waals surface area contributed by atoms with Crippen LogP contribution in [0, 0.1) is 5.82 Å². The monoisotopic (exact) mass is 344 g/mol. The van der Waals surface area contributed by atoms with Gasteiger partial charge >= 0.3 is 5.97 Å². The van der Waals surface area contributed by atoms with Crippen molar-refractivity contribution in [2.45, 2.75) is 13.8 Å². The first kappa shape index (κ1) is 18.4. The van der Waals surface area contributed by atoms with E-state index in [9.17, 15) is 14.0 Å². The van der Waals surface area contributed by atoms with Crippen LogP contribution in [0.2, 0.25) is 0 Å². The third-order valence-corrected chi connectivity index (χ3v) is 3.69. The molecule has 0 spiro atoms. The third kappa shape index (κ3) is 5.31. The molecule has 0 saturated heterocycles. The number of amides is 1. The lowest BCUT2D eigenvalue weighted by Gasteiger charge is -2.20. The van der Waals surface area contributed by atoms with Crippen LogP contribution in [0.15, 0.2) is 48.5 Å². The standard InChI is InChI=1S/C19H21FN2O3/c1-3-22(4-2)17-11-5-14(6-12-17)19(24)25-13-18(23)21-16-9-7-15(20)8-10-16/h5-12H,3-4,13H2,1-2H3,(H,21,23). The molecule has 0 heterocycles. The van der Waals surface area contributed by atoms with Gasteiger partial charge in [-0.1, -0.05) is 0 Å². The molecule has 6 heteroatoms. The number of nitrogens with zero attached hydrogens (tertiary/aromatic N) is 1. The van der Waals surface area contributed by atoms with Crippen molar-refractivity contribution in [1.82, 2.24) is 0 Å². The second-order valence-electron chi connectivity index (χ2n) is 5.35. The van der Waals surface area contributed by atoms with E-state index < -0.39 is 24.3 Å². The highest BCUT2D eigenvalue weighted by Crippen LogP contribution is 2.15. The van der Waals surface area contributed by atoms with Gasteiger partial charge in [0, 0.05) is 24.5 Å². The molecule has 132 valence electrons. The van der Waals surface area contributed by atoms with Crippen LogP contribution >= 0.6 is 0 Å². The maximum absolute atomic E-state index is 12.8. The summed E-state index contributed by atoms with van der Waals surface area (Å²) in [7, 11) is 0. The van der Waals surface area contributed by atoms with E-state index in [0.717, 1.165) is 18.8 Å². The van der Waals surface area contributed by atoms with Gasteiger partial charge in [0.05, 0.1) is 5.56 Å². The van der Waals surface area contributed by atoms with Gasteiger partial charge < -0.3 is 15.0 Å². The molecule has 0 bridgehead atoms. The molecule has 1 N–H and O–H groups in total. The van der Waals surface area contributed by atoms with Crippen LogP contribution in [-0.4, -0.2) is 31.6 Å². The molecule has 2 aromatic carbocycles. The van der Waals surface area contributed by atoms with E-state index in [1.165, 1.54) is 24.3 Å². The summed E-state index contributed by atoms with van der Waals surface area (Å²) < 4.78 is 17.8. The Morgan fingerprint density at radius 2 is 1.60 bits per heavy atom. The Morgan fingerprint density at radius 1 is 1.00 bits per heavy atom. The molecule has 0 radical (unpaired) electrons. The van der Waals surface area contributed by atoms with E-state index in [0.29, 0.717) is 11.3 Å². The lowest BCUT2D eigenvalue weighted by Crippen LogP contribution is -2.22. The van der Waals surface area contributed by atoms with Crippen molar-refractivity contribution >= 4 is 23.3 Å². The van der Waals surface area contributed by atoms with E-state index in [1.54, 1.807) is 12.1 Å². The minimum absolute atomic E-state index is 0.380. The molecule has 0 aliphatic carbocycles. The largest absolute Gasteiger partial charge is 0.452 e.